The number of nitrogens with zero attached hydrogens (tertiary/aromatic N) is 4. The van der Waals surface area contributed by atoms with Gasteiger partial charge >= 0.3 is 0 Å². The molecule has 1 saturated carbocycles. The topological polar surface area (TPSA) is 59.0 Å². The molecule has 5 nitrogen and oxygen atoms in total. The van der Waals surface area contributed by atoms with Crippen molar-refractivity contribution in [2.45, 2.75) is 37.0 Å². The molecule has 8 heteroatoms. The summed E-state index contributed by atoms with van der Waals surface area (Å²) in [6, 6.07) is 6.02. The molecule has 1 amide bonds. The highest BCUT2D eigenvalue weighted by atomic mass is 32.2. The molecule has 0 spiro atoms. The summed E-state index contributed by atoms with van der Waals surface area (Å²) in [5, 5.41) is 1.20. The molecule has 0 N–H and O–H groups in total. The average Bonchev–Trinajstić information content (AvgIpc) is 3.45. The molecule has 1 aliphatic heterocycles. The normalized spacial score (nSPS) is 21.3. The Hall–Kier alpha value is -1.64. The Morgan fingerprint density at radius 3 is 2.62 bits per heavy atom. The van der Waals surface area contributed by atoms with Gasteiger partial charge < -0.3 is 4.90 Å². The molecule has 0 radical (unpaired) electrons. The van der Waals surface area contributed by atoms with Gasteiger partial charge in [0.15, 0.2) is 0 Å². The molecule has 3 aromatic rings. The number of hydrogen-bond acceptors (Lipinski definition) is 7. The van der Waals surface area contributed by atoms with Crippen LogP contribution >= 0.6 is 34.9 Å². The number of fused-ring (bicyclic) bond motifs is 1. The molecule has 1 aromatic carbocycles. The third-order valence-corrected chi connectivity index (χ3v) is 9.14. The number of benzene rings is 1. The third kappa shape index (κ3) is 5.13. The minimum absolute atomic E-state index is 0.161. The van der Waals surface area contributed by atoms with Gasteiger partial charge in [0.2, 0.25) is 0 Å². The van der Waals surface area contributed by atoms with E-state index in [1.165, 1.54) is 24.3 Å². The smallest absolute Gasteiger partial charge is 0.253 e. The Morgan fingerprint density at radius 2 is 1.88 bits per heavy atom. The van der Waals surface area contributed by atoms with Crippen LogP contribution in [0.4, 0.5) is 0 Å². The second-order valence-corrected chi connectivity index (χ2v) is 11.9. The largest absolute Gasteiger partial charge is 0.337 e. The molecule has 3 heterocycles. The maximum atomic E-state index is 12.8. The van der Waals surface area contributed by atoms with Crippen molar-refractivity contribution in [3.63, 3.8) is 0 Å². The van der Waals surface area contributed by atoms with E-state index in [-0.39, 0.29) is 5.91 Å². The van der Waals surface area contributed by atoms with Crippen LogP contribution in [0.15, 0.2) is 35.5 Å². The number of aromatic nitrogens is 3. The lowest BCUT2D eigenvalue weighted by Crippen LogP contribution is -2.37. The summed E-state index contributed by atoms with van der Waals surface area (Å²) in [4.78, 5) is 29.9. The van der Waals surface area contributed by atoms with Gasteiger partial charge in [0.1, 0.15) is 5.82 Å². The molecule has 5 rings (SSSR count). The van der Waals surface area contributed by atoms with Crippen molar-refractivity contribution >= 4 is 51.0 Å². The van der Waals surface area contributed by atoms with Gasteiger partial charge in [-0.05, 0) is 55.6 Å². The molecule has 2 aromatic heterocycles. The molecule has 1 saturated heterocycles. The number of hydrogen-bond donors (Lipinski definition) is 0. The van der Waals surface area contributed by atoms with Crippen molar-refractivity contribution in [1.82, 2.24) is 19.9 Å². The number of carbonyl (C=O) groups is 1. The van der Waals surface area contributed by atoms with Crippen LogP contribution in [0.5, 0.6) is 0 Å². The first-order chi connectivity index (χ1) is 15.7. The lowest BCUT2D eigenvalue weighted by atomic mass is 9.99. The van der Waals surface area contributed by atoms with Gasteiger partial charge in [-0.2, -0.15) is 11.8 Å². The van der Waals surface area contributed by atoms with Crippen LogP contribution < -0.4 is 0 Å². The monoisotopic (exact) mass is 484 g/mol. The van der Waals surface area contributed by atoms with Crippen LogP contribution in [0, 0.1) is 11.8 Å². The SMILES string of the molecule is CSc1cnc(C[C@H]2CC[C@H](Cc3nc4ccc(C(=O)N5CCSCC5)cc4s3)C2)nc1. The van der Waals surface area contributed by atoms with Gasteiger partial charge in [0.25, 0.3) is 5.91 Å². The molecule has 32 heavy (non-hydrogen) atoms. The summed E-state index contributed by atoms with van der Waals surface area (Å²) >= 11 is 5.36. The van der Waals surface area contributed by atoms with E-state index in [1.807, 2.05) is 47.3 Å². The summed E-state index contributed by atoms with van der Waals surface area (Å²) < 4.78 is 1.13. The van der Waals surface area contributed by atoms with Gasteiger partial charge in [-0.1, -0.05) is 0 Å². The van der Waals surface area contributed by atoms with E-state index >= 15 is 0 Å². The standard InChI is InChI=1S/C24H28N4OS3/c1-30-19-14-25-22(26-15-19)11-16-2-3-17(10-16)12-23-27-20-5-4-18(13-21(20)32-23)24(29)28-6-8-31-9-7-28/h4-5,13-17H,2-3,6-12H2,1H3/t16-,17-/m0/s1. The highest BCUT2D eigenvalue weighted by Gasteiger charge is 2.27. The quantitative estimate of drug-likeness (QED) is 0.448. The zero-order valence-electron chi connectivity index (χ0n) is 18.3. The average molecular weight is 485 g/mol. The molecule has 0 unspecified atom stereocenters. The number of rotatable bonds is 6. The maximum Gasteiger partial charge on any atom is 0.253 e. The first kappa shape index (κ1) is 22.2. The van der Waals surface area contributed by atoms with Gasteiger partial charge in [-0.15, -0.1) is 23.1 Å². The zero-order valence-corrected chi connectivity index (χ0v) is 20.8. The molecule has 168 valence electrons. The Morgan fingerprint density at radius 1 is 1.12 bits per heavy atom. The molecule has 2 fully saturated rings. The lowest BCUT2D eigenvalue weighted by molar-refractivity contribution is 0.0772. The lowest BCUT2D eigenvalue weighted by Gasteiger charge is -2.26. The predicted molar refractivity (Wildman–Crippen MR) is 135 cm³/mol. The fraction of sp³-hybridized carbons (Fsp3) is 0.500. The van der Waals surface area contributed by atoms with E-state index in [1.54, 1.807) is 23.1 Å². The van der Waals surface area contributed by atoms with E-state index in [9.17, 15) is 4.79 Å². The first-order valence-corrected chi connectivity index (χ1v) is 14.5. The molecule has 2 aliphatic rings. The number of carbonyl (C=O) groups excluding carboxylic acids is 1. The van der Waals surface area contributed by atoms with Gasteiger partial charge in [0.05, 0.1) is 15.2 Å². The number of amides is 1. The minimum Gasteiger partial charge on any atom is -0.337 e. The first-order valence-electron chi connectivity index (χ1n) is 11.3. The van der Waals surface area contributed by atoms with E-state index in [4.69, 9.17) is 4.98 Å². The predicted octanol–water partition coefficient (Wildman–Crippen LogP) is 5.20. The van der Waals surface area contributed by atoms with Gasteiger partial charge in [-0.25, -0.2) is 15.0 Å². The van der Waals surface area contributed by atoms with Crippen molar-refractivity contribution in [1.29, 1.82) is 0 Å². The van der Waals surface area contributed by atoms with Crippen LogP contribution in [0.1, 0.15) is 40.5 Å². The van der Waals surface area contributed by atoms with Crippen molar-refractivity contribution in [3.05, 3.63) is 47.0 Å². The second-order valence-electron chi connectivity index (χ2n) is 8.69. The van der Waals surface area contributed by atoms with Crippen LogP contribution in [-0.2, 0) is 12.8 Å². The van der Waals surface area contributed by atoms with E-state index < -0.39 is 0 Å². The maximum absolute atomic E-state index is 12.8. The summed E-state index contributed by atoms with van der Waals surface area (Å²) in [5.41, 5.74) is 1.82. The summed E-state index contributed by atoms with van der Waals surface area (Å²) in [6.07, 6.45) is 11.7. The Labute approximate surface area is 201 Å². The fourth-order valence-electron chi connectivity index (χ4n) is 4.75. The highest BCUT2D eigenvalue weighted by Crippen LogP contribution is 2.36. The van der Waals surface area contributed by atoms with Crippen LogP contribution in [0.2, 0.25) is 0 Å². The van der Waals surface area contributed by atoms with Gasteiger partial charge in [0, 0.05) is 60.3 Å². The van der Waals surface area contributed by atoms with Crippen molar-refractivity contribution < 1.29 is 4.79 Å². The van der Waals surface area contributed by atoms with Crippen LogP contribution in [-0.4, -0.2) is 56.6 Å². The fourth-order valence-corrected chi connectivity index (χ4v) is 7.09. The van der Waals surface area contributed by atoms with E-state index in [0.717, 1.165) is 63.9 Å². The minimum atomic E-state index is 0.161. The molecular weight excluding hydrogens is 456 g/mol. The van der Waals surface area contributed by atoms with Crippen molar-refractivity contribution in [2.75, 3.05) is 30.9 Å². The molecule has 1 aliphatic carbocycles. The van der Waals surface area contributed by atoms with Crippen LogP contribution in [0.25, 0.3) is 10.2 Å². The van der Waals surface area contributed by atoms with E-state index in [0.29, 0.717) is 11.8 Å². The number of thioether (sulfide) groups is 2. The Balaban J connectivity index is 1.20. The summed E-state index contributed by atoms with van der Waals surface area (Å²) in [7, 11) is 0. The zero-order chi connectivity index (χ0) is 21.9. The summed E-state index contributed by atoms with van der Waals surface area (Å²) in [6.45, 7) is 1.70. The number of thiazole rings is 1. The summed E-state index contributed by atoms with van der Waals surface area (Å²) in [5.74, 6) is 4.55. The van der Waals surface area contributed by atoms with Crippen molar-refractivity contribution in [3.8, 4) is 0 Å². The molecular formula is C24H28N4OS3. The highest BCUT2D eigenvalue weighted by molar-refractivity contribution is 7.99. The second kappa shape index (κ2) is 10.1. The Kier molecular flexibility index (Phi) is 6.99. The van der Waals surface area contributed by atoms with Gasteiger partial charge in [-0.3, -0.25) is 4.79 Å². The third-order valence-electron chi connectivity index (χ3n) is 6.48. The molecule has 2 atom stereocenters. The van der Waals surface area contributed by atoms with E-state index in [2.05, 4.69) is 16.2 Å². The Bertz CT molecular complexity index is 1080. The molecule has 0 bridgehead atoms. The van der Waals surface area contributed by atoms with Crippen molar-refractivity contribution in [2.24, 2.45) is 11.8 Å². The van der Waals surface area contributed by atoms with Crippen LogP contribution in [0.3, 0.4) is 0 Å².